The Morgan fingerprint density at radius 2 is 1.87 bits per heavy atom. The van der Waals surface area contributed by atoms with Gasteiger partial charge < -0.3 is 15.0 Å². The van der Waals surface area contributed by atoms with Gasteiger partial charge in [-0.05, 0) is 36.3 Å². The van der Waals surface area contributed by atoms with Crippen molar-refractivity contribution in [2.45, 2.75) is 38.6 Å². The summed E-state index contributed by atoms with van der Waals surface area (Å²) in [4.78, 5) is 39.6. The van der Waals surface area contributed by atoms with Crippen molar-refractivity contribution in [3.63, 3.8) is 0 Å². The summed E-state index contributed by atoms with van der Waals surface area (Å²) < 4.78 is 5.27. The minimum Gasteiger partial charge on any atom is -0.455 e. The number of likely N-dealkylation sites (tertiary alicyclic amines) is 1. The van der Waals surface area contributed by atoms with Crippen molar-refractivity contribution in [3.8, 4) is 0 Å². The first-order valence-corrected chi connectivity index (χ1v) is 11.3. The molecule has 0 bridgehead atoms. The Hall–Kier alpha value is -2.67. The average molecular weight is 429 g/mol. The van der Waals surface area contributed by atoms with Crippen LogP contribution < -0.4 is 5.32 Å². The number of hydrogen-bond donors (Lipinski definition) is 1. The predicted octanol–water partition coefficient (Wildman–Crippen LogP) is 3.80. The summed E-state index contributed by atoms with van der Waals surface area (Å²) in [5.74, 6) is -0.916. The van der Waals surface area contributed by atoms with Gasteiger partial charge in [-0.3, -0.25) is 14.4 Å². The van der Waals surface area contributed by atoms with Crippen molar-refractivity contribution in [2.24, 2.45) is 5.92 Å². The van der Waals surface area contributed by atoms with E-state index in [0.717, 1.165) is 18.4 Å². The maximum atomic E-state index is 12.4. The average Bonchev–Trinajstić information content (AvgIpc) is 3.32. The van der Waals surface area contributed by atoms with Crippen LogP contribution in [0.15, 0.2) is 47.8 Å². The molecule has 0 saturated carbocycles. The first-order chi connectivity index (χ1) is 14.6. The molecule has 1 saturated heterocycles. The van der Waals surface area contributed by atoms with Crippen LogP contribution in [-0.4, -0.2) is 42.4 Å². The van der Waals surface area contributed by atoms with Crippen LogP contribution in [0.3, 0.4) is 0 Å². The molecular weight excluding hydrogens is 400 g/mol. The van der Waals surface area contributed by atoms with Crippen LogP contribution >= 0.6 is 11.3 Å². The Bertz CT molecular complexity index is 830. The van der Waals surface area contributed by atoms with E-state index in [0.29, 0.717) is 30.8 Å². The van der Waals surface area contributed by atoms with Crippen LogP contribution in [0.25, 0.3) is 0 Å². The standard InChI is InChI=1S/C23H28N2O4S/c1-2-7-19(17-8-4-3-5-9-17)24-21(26)16-29-23(28)18-11-13-25(14-12-18)22(27)20-10-6-15-30-20/h3-6,8-10,15,18-19H,2,7,11-14,16H2,1H3,(H,24,26). The number of benzene rings is 1. The molecule has 1 N–H and O–H groups in total. The first kappa shape index (κ1) is 22.0. The van der Waals surface area contributed by atoms with Crippen molar-refractivity contribution in [1.82, 2.24) is 10.2 Å². The summed E-state index contributed by atoms with van der Waals surface area (Å²) in [6.07, 6.45) is 2.86. The summed E-state index contributed by atoms with van der Waals surface area (Å²) in [5.41, 5.74) is 1.04. The van der Waals surface area contributed by atoms with Gasteiger partial charge in [0, 0.05) is 13.1 Å². The van der Waals surface area contributed by atoms with Crippen LogP contribution in [0.1, 0.15) is 53.9 Å². The molecular formula is C23H28N2O4S. The number of esters is 1. The number of nitrogens with one attached hydrogen (secondary N) is 1. The van der Waals surface area contributed by atoms with Crippen LogP contribution in [0, 0.1) is 5.92 Å². The molecule has 2 amide bonds. The number of carbonyl (C=O) groups is 3. The monoisotopic (exact) mass is 428 g/mol. The maximum Gasteiger partial charge on any atom is 0.309 e. The van der Waals surface area contributed by atoms with E-state index in [1.807, 2.05) is 47.8 Å². The van der Waals surface area contributed by atoms with E-state index in [4.69, 9.17) is 4.74 Å². The van der Waals surface area contributed by atoms with Crippen LogP contribution in [-0.2, 0) is 14.3 Å². The van der Waals surface area contributed by atoms with E-state index in [1.54, 1.807) is 4.90 Å². The van der Waals surface area contributed by atoms with Crippen molar-refractivity contribution in [3.05, 3.63) is 58.3 Å². The number of ether oxygens (including phenoxy) is 1. The van der Waals surface area contributed by atoms with Gasteiger partial charge in [0.15, 0.2) is 6.61 Å². The van der Waals surface area contributed by atoms with E-state index < -0.39 is 0 Å². The van der Waals surface area contributed by atoms with Gasteiger partial charge in [0.25, 0.3) is 11.8 Å². The topological polar surface area (TPSA) is 75.7 Å². The fourth-order valence-electron chi connectivity index (χ4n) is 3.66. The summed E-state index contributed by atoms with van der Waals surface area (Å²) in [6.45, 7) is 2.84. The van der Waals surface area contributed by atoms with Gasteiger partial charge in [-0.15, -0.1) is 11.3 Å². The third kappa shape index (κ3) is 5.92. The molecule has 1 atom stereocenters. The Balaban J connectivity index is 1.43. The minimum absolute atomic E-state index is 0.0130. The fraction of sp³-hybridized carbons (Fsp3) is 0.435. The van der Waals surface area contributed by atoms with Crippen LogP contribution in [0.4, 0.5) is 0 Å². The van der Waals surface area contributed by atoms with E-state index in [-0.39, 0.29) is 36.4 Å². The lowest BCUT2D eigenvalue weighted by molar-refractivity contribution is -0.154. The number of piperidine rings is 1. The molecule has 160 valence electrons. The smallest absolute Gasteiger partial charge is 0.309 e. The van der Waals surface area contributed by atoms with Gasteiger partial charge in [-0.2, -0.15) is 0 Å². The number of rotatable bonds is 8. The first-order valence-electron chi connectivity index (χ1n) is 10.4. The van der Waals surface area contributed by atoms with Crippen molar-refractivity contribution < 1.29 is 19.1 Å². The lowest BCUT2D eigenvalue weighted by Gasteiger charge is -2.30. The molecule has 1 aliphatic heterocycles. The SMILES string of the molecule is CCCC(NC(=O)COC(=O)C1CCN(C(=O)c2cccs2)CC1)c1ccccc1. The molecule has 3 rings (SSSR count). The zero-order valence-corrected chi connectivity index (χ0v) is 18.0. The lowest BCUT2D eigenvalue weighted by Crippen LogP contribution is -2.41. The fourth-order valence-corrected chi connectivity index (χ4v) is 4.35. The van der Waals surface area contributed by atoms with Gasteiger partial charge in [0.05, 0.1) is 16.8 Å². The van der Waals surface area contributed by atoms with E-state index in [2.05, 4.69) is 12.2 Å². The highest BCUT2D eigenvalue weighted by atomic mass is 32.1. The third-order valence-corrected chi connectivity index (χ3v) is 6.17. The lowest BCUT2D eigenvalue weighted by atomic mass is 9.97. The molecule has 1 fully saturated rings. The minimum atomic E-state index is -0.361. The summed E-state index contributed by atoms with van der Waals surface area (Å²) in [6, 6.07) is 13.4. The van der Waals surface area contributed by atoms with E-state index in [9.17, 15) is 14.4 Å². The number of carbonyl (C=O) groups excluding carboxylic acids is 3. The van der Waals surface area contributed by atoms with Crippen LogP contribution in [0.5, 0.6) is 0 Å². The van der Waals surface area contributed by atoms with Crippen molar-refractivity contribution in [2.75, 3.05) is 19.7 Å². The molecule has 0 spiro atoms. The zero-order chi connectivity index (χ0) is 21.3. The summed E-state index contributed by atoms with van der Waals surface area (Å²) in [5, 5.41) is 4.84. The number of thiophene rings is 1. The Morgan fingerprint density at radius 1 is 1.13 bits per heavy atom. The highest BCUT2D eigenvalue weighted by molar-refractivity contribution is 7.12. The normalized spacial score (nSPS) is 15.4. The number of nitrogens with zero attached hydrogens (tertiary/aromatic N) is 1. The molecule has 2 heterocycles. The molecule has 6 nitrogen and oxygen atoms in total. The van der Waals surface area contributed by atoms with Crippen molar-refractivity contribution in [1.29, 1.82) is 0 Å². The maximum absolute atomic E-state index is 12.4. The zero-order valence-electron chi connectivity index (χ0n) is 17.2. The highest BCUT2D eigenvalue weighted by Crippen LogP contribution is 2.22. The van der Waals surface area contributed by atoms with Crippen LogP contribution in [0.2, 0.25) is 0 Å². The Morgan fingerprint density at radius 3 is 2.50 bits per heavy atom. The third-order valence-electron chi connectivity index (χ3n) is 5.31. The second-order valence-electron chi connectivity index (χ2n) is 7.47. The van der Waals surface area contributed by atoms with Gasteiger partial charge >= 0.3 is 5.97 Å². The summed E-state index contributed by atoms with van der Waals surface area (Å²) >= 11 is 1.42. The molecule has 1 unspecified atom stereocenters. The second kappa shape index (κ2) is 10.9. The van der Waals surface area contributed by atoms with Gasteiger partial charge in [0.1, 0.15) is 0 Å². The predicted molar refractivity (Wildman–Crippen MR) is 116 cm³/mol. The molecule has 1 aliphatic rings. The van der Waals surface area contributed by atoms with E-state index >= 15 is 0 Å². The molecule has 1 aromatic heterocycles. The van der Waals surface area contributed by atoms with Gasteiger partial charge in [-0.1, -0.05) is 49.7 Å². The van der Waals surface area contributed by atoms with Gasteiger partial charge in [-0.25, -0.2) is 0 Å². The Labute approximate surface area is 181 Å². The molecule has 1 aromatic carbocycles. The largest absolute Gasteiger partial charge is 0.455 e. The molecule has 0 radical (unpaired) electrons. The quantitative estimate of drug-likeness (QED) is 0.649. The Kier molecular flexibility index (Phi) is 8.02. The molecule has 7 heteroatoms. The number of amides is 2. The number of hydrogen-bond acceptors (Lipinski definition) is 5. The van der Waals surface area contributed by atoms with E-state index in [1.165, 1.54) is 11.3 Å². The molecule has 2 aromatic rings. The van der Waals surface area contributed by atoms with Gasteiger partial charge in [0.2, 0.25) is 0 Å². The highest BCUT2D eigenvalue weighted by Gasteiger charge is 2.29. The summed E-state index contributed by atoms with van der Waals surface area (Å²) in [7, 11) is 0. The molecule has 0 aliphatic carbocycles. The molecule has 30 heavy (non-hydrogen) atoms. The van der Waals surface area contributed by atoms with Crippen molar-refractivity contribution >= 4 is 29.1 Å². The second-order valence-corrected chi connectivity index (χ2v) is 8.42.